The zero-order chi connectivity index (χ0) is 58.5. The zero-order valence-corrected chi connectivity index (χ0v) is 57.2. The van der Waals surface area contributed by atoms with Crippen LogP contribution < -0.4 is 0 Å². The van der Waals surface area contributed by atoms with Gasteiger partial charge in [-0.25, -0.2) is 0 Å². The first-order valence-corrected chi connectivity index (χ1v) is 37.4. The highest BCUT2D eigenvalue weighted by Crippen LogP contribution is 2.55. The monoisotopic (exact) mass is 1140 g/mol. The van der Waals surface area contributed by atoms with Crippen LogP contribution in [0.2, 0.25) is 0 Å². The molecule has 5 nitrogen and oxygen atoms in total. The zero-order valence-electron chi connectivity index (χ0n) is 57.2. The van der Waals surface area contributed by atoms with Crippen LogP contribution in [0, 0.1) is 148 Å². The molecule has 0 aromatic carbocycles. The van der Waals surface area contributed by atoms with Crippen molar-refractivity contribution in [2.75, 3.05) is 33.0 Å². The molecule has 82 heavy (non-hydrogen) atoms. The minimum atomic E-state index is 0.562. The molecule has 0 N–H and O–H groups in total. The van der Waals surface area contributed by atoms with Gasteiger partial charge >= 0.3 is 0 Å². The number of likely N-dealkylation sites (tertiary alicyclic amines) is 1. The summed E-state index contributed by atoms with van der Waals surface area (Å²) in [6, 6.07) is 1.45. The number of ether oxygens (including phenoxy) is 4. The van der Waals surface area contributed by atoms with Crippen molar-refractivity contribution in [3.8, 4) is 0 Å². The third-order valence-corrected chi connectivity index (χ3v) is 26.9. The molecule has 0 spiro atoms. The lowest BCUT2D eigenvalue weighted by atomic mass is 9.54. The van der Waals surface area contributed by atoms with E-state index in [4.69, 9.17) is 18.9 Å². The van der Waals surface area contributed by atoms with Crippen molar-refractivity contribution < 1.29 is 18.9 Å². The van der Waals surface area contributed by atoms with E-state index < -0.39 is 0 Å². The SMILES string of the molecule is CC(C)C1C2CCCC1C2.CC(C)C1C2COCC1C2.CC(C)C1CC2CC(C1)O2.CC(C)C1CC2CC(C2)C1.CC(C)C1CC2CCC1C2.CC(C)C1CC2CCC1CC2.CC(C)C1CC2CCC1CO2.CC(C)N1CC2CC1CO2. The molecule has 8 saturated heterocycles. The summed E-state index contributed by atoms with van der Waals surface area (Å²) in [5.41, 5.74) is 0. The third kappa shape index (κ3) is 17.2. The second-order valence-corrected chi connectivity index (χ2v) is 35.0. The molecular weight excluding hydrogens is 1000 g/mol. The first kappa shape index (κ1) is 66.2. The third-order valence-electron chi connectivity index (χ3n) is 26.9. The summed E-state index contributed by atoms with van der Waals surface area (Å²) in [7, 11) is 0. The van der Waals surface area contributed by atoms with Crippen LogP contribution in [0.4, 0.5) is 0 Å². The Kier molecular flexibility index (Phi) is 24.7. The number of nitrogens with zero attached hydrogens (tertiary/aromatic N) is 1. The van der Waals surface area contributed by atoms with E-state index in [-0.39, 0.29) is 0 Å². The number of rotatable bonds is 8. The van der Waals surface area contributed by atoms with Gasteiger partial charge in [0.2, 0.25) is 0 Å². The molecule has 16 bridgehead atoms. The van der Waals surface area contributed by atoms with Crippen LogP contribution in [0.25, 0.3) is 0 Å². The molecule has 15 unspecified atom stereocenters. The van der Waals surface area contributed by atoms with Gasteiger partial charge in [0.25, 0.3) is 0 Å². The van der Waals surface area contributed by atoms with Gasteiger partial charge in [-0.2, -0.15) is 0 Å². The molecule has 476 valence electrons. The van der Waals surface area contributed by atoms with E-state index in [1.54, 1.807) is 103 Å². The Balaban J connectivity index is 0.000000113. The molecule has 14 saturated carbocycles. The minimum absolute atomic E-state index is 0.562. The number of morpholine rings is 1. The Labute approximate surface area is 510 Å². The van der Waals surface area contributed by atoms with Crippen LogP contribution in [-0.4, -0.2) is 74.4 Å². The van der Waals surface area contributed by atoms with Crippen molar-refractivity contribution in [3.63, 3.8) is 0 Å². The first-order chi connectivity index (χ1) is 39.2. The van der Waals surface area contributed by atoms with Gasteiger partial charge in [0.05, 0.1) is 37.6 Å². The van der Waals surface area contributed by atoms with Crippen molar-refractivity contribution in [3.05, 3.63) is 0 Å². The lowest BCUT2D eigenvalue weighted by Gasteiger charge is -2.51. The van der Waals surface area contributed by atoms with Crippen LogP contribution in [0.3, 0.4) is 0 Å². The van der Waals surface area contributed by atoms with Crippen LogP contribution in [0.15, 0.2) is 0 Å². The normalized spacial score (nSPS) is 44.1. The van der Waals surface area contributed by atoms with Crippen LogP contribution in [-0.2, 0) is 18.9 Å². The predicted molar refractivity (Wildman–Crippen MR) is 347 cm³/mol. The number of hydrogen-bond acceptors (Lipinski definition) is 5. The molecule has 0 amide bonds. The number of hydrogen-bond donors (Lipinski definition) is 0. The smallest absolute Gasteiger partial charge is 0.0718 e. The van der Waals surface area contributed by atoms with E-state index in [9.17, 15) is 0 Å². The van der Waals surface area contributed by atoms with Gasteiger partial charge in [0, 0.05) is 31.8 Å². The molecule has 0 radical (unpaired) electrons. The molecule has 8 heterocycles. The lowest BCUT2D eigenvalue weighted by Crippen LogP contribution is -2.49. The predicted octanol–water partition coefficient (Wildman–Crippen LogP) is 20.2. The Hall–Kier alpha value is -0.200. The largest absolute Gasteiger partial charge is 0.381 e. The Morgan fingerprint density at radius 3 is 1.09 bits per heavy atom. The summed E-state index contributed by atoms with van der Waals surface area (Å²) < 4.78 is 22.1. The molecule has 14 aliphatic carbocycles. The summed E-state index contributed by atoms with van der Waals surface area (Å²) in [4.78, 5) is 2.55. The van der Waals surface area contributed by atoms with Crippen molar-refractivity contribution in [2.45, 2.75) is 308 Å². The van der Waals surface area contributed by atoms with Crippen molar-refractivity contribution >= 4 is 0 Å². The fourth-order valence-corrected chi connectivity index (χ4v) is 22.0. The quantitative estimate of drug-likeness (QED) is 0.242. The van der Waals surface area contributed by atoms with E-state index in [1.165, 1.54) is 64.3 Å². The molecule has 15 atom stereocenters. The van der Waals surface area contributed by atoms with E-state index in [0.717, 1.165) is 180 Å². The molecular formula is C77H139NO4. The van der Waals surface area contributed by atoms with Crippen molar-refractivity contribution in [1.82, 2.24) is 4.90 Å². The van der Waals surface area contributed by atoms with E-state index in [2.05, 4.69) is 116 Å². The van der Waals surface area contributed by atoms with E-state index in [1.807, 2.05) is 0 Å². The van der Waals surface area contributed by atoms with Crippen LogP contribution in [0.1, 0.15) is 271 Å². The minimum Gasteiger partial charge on any atom is -0.381 e. The molecule has 8 aliphatic heterocycles. The van der Waals surface area contributed by atoms with E-state index in [0.29, 0.717) is 30.5 Å². The standard InChI is InChI=1S/C11H20.C10H18O.3C10H18.2C9H16O.C8H15NO/c1-8(2)11-7-9-3-5-10(11)6-4-9;1-7(2)10-5-9-4-3-8(10)6-11-9;1-7(2)10-5-8-3-9(4-8)6-10;1-7(2)10-6-8-3-4-9(10)5-8;1-7(2)10-8-4-3-5-9(10)6-8;1-6(2)9-7-3-8(9)5-10-4-7;1-6(2)7-3-8-5-9(4-7)10-8;1-6(2)9-4-8-3-7(9)5-10-8/h8-11H,3-7H2,1-2H3;7-10H,3-6H2,1-2H3;3*7-10H,3-6H2,1-2H3;2*6-9H,3-5H2,1-2H3;6-8H,3-5H2,1-2H3. The van der Waals surface area contributed by atoms with Crippen LogP contribution in [0.5, 0.6) is 0 Å². The second kappa shape index (κ2) is 30.5. The Morgan fingerprint density at radius 1 is 0.305 bits per heavy atom. The van der Waals surface area contributed by atoms with Gasteiger partial charge in [-0.15, -0.1) is 0 Å². The van der Waals surface area contributed by atoms with Crippen molar-refractivity contribution in [2.24, 2.45) is 148 Å². The fourth-order valence-electron chi connectivity index (χ4n) is 22.0. The highest BCUT2D eigenvalue weighted by molar-refractivity contribution is 4.97. The molecule has 22 aliphatic rings. The van der Waals surface area contributed by atoms with Gasteiger partial charge in [0.15, 0.2) is 0 Å². The van der Waals surface area contributed by atoms with E-state index >= 15 is 0 Å². The van der Waals surface area contributed by atoms with Gasteiger partial charge in [-0.05, 0) is 284 Å². The average molecular weight is 1140 g/mol. The molecule has 0 aromatic rings. The summed E-state index contributed by atoms with van der Waals surface area (Å²) >= 11 is 0. The topological polar surface area (TPSA) is 40.2 Å². The fraction of sp³-hybridized carbons (Fsp3) is 1.00. The van der Waals surface area contributed by atoms with Crippen molar-refractivity contribution in [1.29, 1.82) is 0 Å². The van der Waals surface area contributed by atoms with Gasteiger partial charge < -0.3 is 18.9 Å². The molecule has 22 rings (SSSR count). The summed E-state index contributed by atoms with van der Waals surface area (Å²) in [6.45, 7) is 43.0. The lowest BCUT2D eigenvalue weighted by molar-refractivity contribution is -0.178. The maximum absolute atomic E-state index is 5.66. The average Bonchev–Trinajstić information content (AvgIpc) is 4.32. The first-order valence-electron chi connectivity index (χ1n) is 37.4. The van der Waals surface area contributed by atoms with Gasteiger partial charge in [-0.1, -0.05) is 135 Å². The molecule has 5 heteroatoms. The van der Waals surface area contributed by atoms with Crippen LogP contribution >= 0.6 is 0 Å². The maximum Gasteiger partial charge on any atom is 0.0718 e. The summed E-state index contributed by atoms with van der Waals surface area (Å²) in [5.74, 6) is 25.5. The maximum atomic E-state index is 5.66. The highest BCUT2D eigenvalue weighted by atomic mass is 16.5. The summed E-state index contributed by atoms with van der Waals surface area (Å²) in [6.07, 6.45) is 39.7. The Morgan fingerprint density at radius 2 is 0.793 bits per heavy atom. The second-order valence-electron chi connectivity index (χ2n) is 35.0. The molecule has 0 aromatic heterocycles. The summed E-state index contributed by atoms with van der Waals surface area (Å²) in [5, 5.41) is 0. The molecule has 22 fully saturated rings. The number of fused-ring (bicyclic) bond motifs is 18. The highest BCUT2D eigenvalue weighted by Gasteiger charge is 2.47. The van der Waals surface area contributed by atoms with Gasteiger partial charge in [0.1, 0.15) is 0 Å². The van der Waals surface area contributed by atoms with Gasteiger partial charge in [-0.3, -0.25) is 4.90 Å². The Bertz CT molecular complexity index is 1620.